The Kier molecular flexibility index (Phi) is 6.02. The lowest BCUT2D eigenvalue weighted by molar-refractivity contribution is -0.121. The summed E-state index contributed by atoms with van der Waals surface area (Å²) in [5, 5.41) is 2.98. The van der Waals surface area contributed by atoms with E-state index in [1.165, 1.54) is 5.56 Å². The van der Waals surface area contributed by atoms with Crippen LogP contribution in [0.4, 0.5) is 0 Å². The molecule has 1 amide bonds. The van der Waals surface area contributed by atoms with Crippen LogP contribution < -0.4 is 15.8 Å². The Hall–Kier alpha value is -1.55. The van der Waals surface area contributed by atoms with Gasteiger partial charge in [-0.05, 0) is 31.0 Å². The van der Waals surface area contributed by atoms with E-state index >= 15 is 0 Å². The lowest BCUT2D eigenvalue weighted by Crippen LogP contribution is -2.37. The molecule has 4 nitrogen and oxygen atoms in total. The van der Waals surface area contributed by atoms with Crippen LogP contribution in [0.3, 0.4) is 0 Å². The van der Waals surface area contributed by atoms with Crippen LogP contribution >= 0.6 is 0 Å². The summed E-state index contributed by atoms with van der Waals surface area (Å²) in [4.78, 5) is 11.7. The van der Waals surface area contributed by atoms with E-state index in [4.69, 9.17) is 10.5 Å². The first kappa shape index (κ1) is 16.5. The number of rotatable bonds is 7. The second kappa shape index (κ2) is 7.29. The van der Waals surface area contributed by atoms with Gasteiger partial charge in [-0.2, -0.15) is 0 Å². The quantitative estimate of drug-likeness (QED) is 0.804. The van der Waals surface area contributed by atoms with Crippen molar-refractivity contribution in [2.75, 3.05) is 13.7 Å². The monoisotopic (exact) mass is 278 g/mol. The van der Waals surface area contributed by atoms with E-state index in [0.717, 1.165) is 12.2 Å². The first-order valence-electron chi connectivity index (χ1n) is 7.02. The van der Waals surface area contributed by atoms with E-state index in [1.807, 2.05) is 31.2 Å². The van der Waals surface area contributed by atoms with Crippen LogP contribution in [-0.2, 0) is 10.2 Å². The highest BCUT2D eigenvalue weighted by Crippen LogP contribution is 2.24. The Labute approximate surface area is 121 Å². The molecular formula is C16H26N2O2. The summed E-state index contributed by atoms with van der Waals surface area (Å²) in [6.07, 6.45) is 1.20. The van der Waals surface area contributed by atoms with Gasteiger partial charge in [0.1, 0.15) is 5.75 Å². The van der Waals surface area contributed by atoms with Crippen molar-refractivity contribution in [3.05, 3.63) is 29.8 Å². The highest BCUT2D eigenvalue weighted by atomic mass is 16.5. The molecule has 0 aliphatic rings. The number of hydrogen-bond donors (Lipinski definition) is 2. The number of amides is 1. The zero-order valence-corrected chi connectivity index (χ0v) is 12.9. The van der Waals surface area contributed by atoms with E-state index in [9.17, 15) is 4.79 Å². The number of methoxy groups -OCH3 is 1. The van der Waals surface area contributed by atoms with Gasteiger partial charge >= 0.3 is 0 Å². The third-order valence-corrected chi connectivity index (χ3v) is 3.43. The molecule has 1 rings (SSSR count). The van der Waals surface area contributed by atoms with Gasteiger partial charge in [-0.15, -0.1) is 0 Å². The van der Waals surface area contributed by atoms with Gasteiger partial charge in [0.15, 0.2) is 0 Å². The summed E-state index contributed by atoms with van der Waals surface area (Å²) in [5.41, 5.74) is 6.71. The Morgan fingerprint density at radius 1 is 1.35 bits per heavy atom. The number of carbonyl (C=O) groups is 1. The summed E-state index contributed by atoms with van der Waals surface area (Å²) in [5.74, 6) is 0.898. The van der Waals surface area contributed by atoms with Crippen LogP contribution in [0.1, 0.15) is 39.2 Å². The molecule has 1 unspecified atom stereocenters. The maximum Gasteiger partial charge on any atom is 0.220 e. The fourth-order valence-corrected chi connectivity index (χ4v) is 1.91. The van der Waals surface area contributed by atoms with Crippen molar-refractivity contribution >= 4 is 5.91 Å². The Morgan fingerprint density at radius 3 is 2.45 bits per heavy atom. The molecule has 1 atom stereocenters. The van der Waals surface area contributed by atoms with Crippen molar-refractivity contribution in [2.24, 2.45) is 5.73 Å². The van der Waals surface area contributed by atoms with E-state index in [2.05, 4.69) is 19.2 Å². The average Bonchev–Trinajstić information content (AvgIpc) is 2.43. The maximum absolute atomic E-state index is 11.7. The van der Waals surface area contributed by atoms with Crippen molar-refractivity contribution in [1.29, 1.82) is 0 Å². The largest absolute Gasteiger partial charge is 0.497 e. The molecule has 0 heterocycles. The van der Waals surface area contributed by atoms with Gasteiger partial charge in [-0.1, -0.05) is 26.0 Å². The second-order valence-corrected chi connectivity index (χ2v) is 5.91. The zero-order chi connectivity index (χ0) is 15.2. The lowest BCUT2D eigenvalue weighted by atomic mass is 9.84. The van der Waals surface area contributed by atoms with Crippen molar-refractivity contribution < 1.29 is 9.53 Å². The first-order valence-corrected chi connectivity index (χ1v) is 7.02. The van der Waals surface area contributed by atoms with Crippen molar-refractivity contribution in [3.8, 4) is 5.75 Å². The molecule has 4 heteroatoms. The van der Waals surface area contributed by atoms with Crippen LogP contribution in [0.2, 0.25) is 0 Å². The number of hydrogen-bond acceptors (Lipinski definition) is 3. The van der Waals surface area contributed by atoms with Gasteiger partial charge in [0.05, 0.1) is 7.11 Å². The van der Waals surface area contributed by atoms with E-state index in [1.54, 1.807) is 7.11 Å². The van der Waals surface area contributed by atoms with Crippen LogP contribution in [0, 0.1) is 0 Å². The zero-order valence-electron chi connectivity index (χ0n) is 12.9. The molecule has 0 fully saturated rings. The lowest BCUT2D eigenvalue weighted by Gasteiger charge is -2.26. The molecule has 0 aliphatic carbocycles. The number of carbonyl (C=O) groups excluding carboxylic acids is 1. The molecule has 0 radical (unpaired) electrons. The topological polar surface area (TPSA) is 64.3 Å². The van der Waals surface area contributed by atoms with Gasteiger partial charge in [-0.25, -0.2) is 0 Å². The Morgan fingerprint density at radius 2 is 1.95 bits per heavy atom. The first-order chi connectivity index (χ1) is 9.35. The van der Waals surface area contributed by atoms with Crippen molar-refractivity contribution in [3.63, 3.8) is 0 Å². The Bertz CT molecular complexity index is 425. The van der Waals surface area contributed by atoms with Gasteiger partial charge < -0.3 is 15.8 Å². The van der Waals surface area contributed by atoms with Crippen LogP contribution in [0.5, 0.6) is 5.75 Å². The molecule has 3 N–H and O–H groups in total. The molecule has 1 aromatic carbocycles. The van der Waals surface area contributed by atoms with E-state index < -0.39 is 0 Å². The predicted octanol–water partition coefficient (Wildman–Crippen LogP) is 2.22. The second-order valence-electron chi connectivity index (χ2n) is 5.91. The minimum absolute atomic E-state index is 0.0592. The van der Waals surface area contributed by atoms with Crippen LogP contribution in [-0.4, -0.2) is 25.6 Å². The summed E-state index contributed by atoms with van der Waals surface area (Å²) < 4.78 is 5.15. The van der Waals surface area contributed by atoms with Gasteiger partial charge in [0.2, 0.25) is 5.91 Å². The molecule has 112 valence electrons. The molecule has 0 aromatic heterocycles. The standard InChI is InChI=1S/C16H26N2O2/c1-12(17)5-10-15(19)18-11-16(2,3)13-6-8-14(20-4)9-7-13/h6-9,12H,5,10-11,17H2,1-4H3,(H,18,19). The third-order valence-electron chi connectivity index (χ3n) is 3.43. The molecule has 0 saturated heterocycles. The number of benzene rings is 1. The smallest absolute Gasteiger partial charge is 0.220 e. The minimum atomic E-state index is -0.115. The molecule has 1 aromatic rings. The highest BCUT2D eigenvalue weighted by molar-refractivity contribution is 5.76. The van der Waals surface area contributed by atoms with Crippen LogP contribution in [0.25, 0.3) is 0 Å². The Balaban J connectivity index is 2.53. The summed E-state index contributed by atoms with van der Waals surface area (Å²) >= 11 is 0. The normalized spacial score (nSPS) is 12.8. The summed E-state index contributed by atoms with van der Waals surface area (Å²) in [7, 11) is 1.65. The van der Waals surface area contributed by atoms with E-state index in [0.29, 0.717) is 13.0 Å². The fraction of sp³-hybridized carbons (Fsp3) is 0.562. The van der Waals surface area contributed by atoms with E-state index in [-0.39, 0.29) is 17.4 Å². The number of ether oxygens (including phenoxy) is 1. The molecular weight excluding hydrogens is 252 g/mol. The van der Waals surface area contributed by atoms with Crippen molar-refractivity contribution in [2.45, 2.75) is 45.1 Å². The third kappa shape index (κ3) is 5.21. The summed E-state index contributed by atoms with van der Waals surface area (Å²) in [6, 6.07) is 8.01. The van der Waals surface area contributed by atoms with Gasteiger partial charge in [0, 0.05) is 24.4 Å². The SMILES string of the molecule is COc1ccc(C(C)(C)CNC(=O)CCC(C)N)cc1. The highest BCUT2D eigenvalue weighted by Gasteiger charge is 2.21. The molecule has 0 bridgehead atoms. The van der Waals surface area contributed by atoms with Gasteiger partial charge in [0.25, 0.3) is 0 Å². The van der Waals surface area contributed by atoms with Gasteiger partial charge in [-0.3, -0.25) is 4.79 Å². The molecule has 0 spiro atoms. The maximum atomic E-state index is 11.7. The molecule has 0 aliphatic heterocycles. The molecule has 0 saturated carbocycles. The van der Waals surface area contributed by atoms with Crippen LogP contribution in [0.15, 0.2) is 24.3 Å². The molecule has 20 heavy (non-hydrogen) atoms. The summed E-state index contributed by atoms with van der Waals surface area (Å²) in [6.45, 7) is 6.74. The predicted molar refractivity (Wildman–Crippen MR) is 81.9 cm³/mol. The average molecular weight is 278 g/mol. The minimum Gasteiger partial charge on any atom is -0.497 e. The number of nitrogens with two attached hydrogens (primary N) is 1. The van der Waals surface area contributed by atoms with Crippen molar-refractivity contribution in [1.82, 2.24) is 5.32 Å². The fourth-order valence-electron chi connectivity index (χ4n) is 1.91. The number of nitrogens with one attached hydrogen (secondary N) is 1.